The number of H-pyrrole nitrogens is 1. The molecule has 2 N–H and O–H groups in total. The Bertz CT molecular complexity index is 1090. The third-order valence-electron chi connectivity index (χ3n) is 3.81. The summed E-state index contributed by atoms with van der Waals surface area (Å²) >= 11 is 0. The average Bonchev–Trinajstić information content (AvgIpc) is 2.98. The Kier molecular flexibility index (Phi) is 4.92. The molecule has 0 aliphatic carbocycles. The van der Waals surface area contributed by atoms with Gasteiger partial charge in [0.15, 0.2) is 5.58 Å². The highest BCUT2D eigenvalue weighted by Crippen LogP contribution is 2.22. The summed E-state index contributed by atoms with van der Waals surface area (Å²) in [5.41, 5.74) is 1.23. The van der Waals surface area contributed by atoms with Gasteiger partial charge in [0.25, 0.3) is 0 Å². The lowest BCUT2D eigenvalue weighted by Crippen LogP contribution is -2.32. The summed E-state index contributed by atoms with van der Waals surface area (Å²) in [6.45, 7) is -0.146. The molecule has 26 heavy (non-hydrogen) atoms. The van der Waals surface area contributed by atoms with Gasteiger partial charge in [-0.15, -0.1) is 0 Å². The number of carbonyl (C=O) groups is 1. The largest absolute Gasteiger partial charge is 0.481 e. The van der Waals surface area contributed by atoms with Crippen LogP contribution in [0.2, 0.25) is 0 Å². The van der Waals surface area contributed by atoms with E-state index in [0.29, 0.717) is 5.52 Å². The standard InChI is InChI=1S/C17H16N2O6S/c20-16(21)8-9-19(11-12-4-2-1-3-5-12)26(23,24)13-6-7-14-15(10-13)25-17(22)18-14/h1-7,10H,8-9,11H2,(H,18,22)(H,20,21). The van der Waals surface area contributed by atoms with Crippen LogP contribution < -0.4 is 5.76 Å². The Morgan fingerprint density at radius 3 is 2.58 bits per heavy atom. The van der Waals surface area contributed by atoms with Gasteiger partial charge in [0.05, 0.1) is 16.8 Å². The van der Waals surface area contributed by atoms with Crippen molar-refractivity contribution in [1.29, 1.82) is 0 Å². The summed E-state index contributed by atoms with van der Waals surface area (Å²) in [5.74, 6) is -1.77. The number of nitrogens with zero attached hydrogens (tertiary/aromatic N) is 1. The van der Waals surface area contributed by atoms with Crippen LogP contribution in [0, 0.1) is 0 Å². The monoisotopic (exact) mass is 376 g/mol. The van der Waals surface area contributed by atoms with Crippen LogP contribution in [0.15, 0.2) is 62.6 Å². The molecule has 0 unspecified atom stereocenters. The van der Waals surface area contributed by atoms with Crippen molar-refractivity contribution in [1.82, 2.24) is 9.29 Å². The van der Waals surface area contributed by atoms with E-state index in [2.05, 4.69) is 4.98 Å². The molecule has 1 heterocycles. The minimum Gasteiger partial charge on any atom is -0.481 e. The molecule has 136 valence electrons. The summed E-state index contributed by atoms with van der Waals surface area (Å²) in [7, 11) is -3.98. The maximum absolute atomic E-state index is 13.0. The first-order valence-corrected chi connectivity index (χ1v) is 9.19. The Balaban J connectivity index is 1.98. The van der Waals surface area contributed by atoms with E-state index in [0.717, 1.165) is 9.87 Å². The van der Waals surface area contributed by atoms with Crippen LogP contribution in [0.3, 0.4) is 0 Å². The number of benzene rings is 2. The van der Waals surface area contributed by atoms with Gasteiger partial charge in [-0.3, -0.25) is 9.78 Å². The van der Waals surface area contributed by atoms with E-state index in [1.165, 1.54) is 18.2 Å². The normalized spacial score (nSPS) is 11.9. The summed E-state index contributed by atoms with van der Waals surface area (Å²) in [6.07, 6.45) is -0.326. The van der Waals surface area contributed by atoms with Crippen LogP contribution in [0.5, 0.6) is 0 Å². The average molecular weight is 376 g/mol. The fraction of sp³-hybridized carbons (Fsp3) is 0.176. The maximum atomic E-state index is 13.0. The summed E-state index contributed by atoms with van der Waals surface area (Å²) in [4.78, 5) is 24.5. The predicted molar refractivity (Wildman–Crippen MR) is 93.1 cm³/mol. The fourth-order valence-electron chi connectivity index (χ4n) is 2.53. The Morgan fingerprint density at radius 2 is 1.88 bits per heavy atom. The van der Waals surface area contributed by atoms with Crippen molar-refractivity contribution in [2.75, 3.05) is 6.54 Å². The molecule has 3 rings (SSSR count). The molecule has 0 aliphatic rings. The minimum absolute atomic E-state index is 0.0333. The van der Waals surface area contributed by atoms with Crippen molar-refractivity contribution < 1.29 is 22.7 Å². The van der Waals surface area contributed by atoms with Crippen molar-refractivity contribution in [2.24, 2.45) is 0 Å². The van der Waals surface area contributed by atoms with Crippen molar-refractivity contribution in [3.63, 3.8) is 0 Å². The molecule has 0 saturated carbocycles. The van der Waals surface area contributed by atoms with Gasteiger partial charge in [0.2, 0.25) is 10.0 Å². The molecule has 0 amide bonds. The zero-order valence-electron chi connectivity index (χ0n) is 13.6. The molecule has 9 heteroatoms. The fourth-order valence-corrected chi connectivity index (χ4v) is 3.97. The number of nitrogens with one attached hydrogen (secondary N) is 1. The Morgan fingerprint density at radius 1 is 1.15 bits per heavy atom. The van der Waals surface area contributed by atoms with Crippen LogP contribution in [-0.2, 0) is 21.4 Å². The number of sulfonamides is 1. The van der Waals surface area contributed by atoms with E-state index in [4.69, 9.17) is 9.52 Å². The number of aromatic amines is 1. The molecule has 2 aromatic carbocycles. The van der Waals surface area contributed by atoms with Crippen LogP contribution in [-0.4, -0.2) is 35.3 Å². The van der Waals surface area contributed by atoms with Gasteiger partial charge >= 0.3 is 11.7 Å². The second kappa shape index (κ2) is 7.14. The number of hydrogen-bond acceptors (Lipinski definition) is 5. The lowest BCUT2D eigenvalue weighted by molar-refractivity contribution is -0.137. The number of carboxylic acid groups (broad SMARTS) is 1. The van der Waals surface area contributed by atoms with Gasteiger partial charge < -0.3 is 9.52 Å². The first-order valence-electron chi connectivity index (χ1n) is 7.75. The molecule has 0 radical (unpaired) electrons. The third kappa shape index (κ3) is 3.84. The van der Waals surface area contributed by atoms with Crippen LogP contribution >= 0.6 is 0 Å². The molecule has 0 aliphatic heterocycles. The van der Waals surface area contributed by atoms with Gasteiger partial charge in [-0.2, -0.15) is 4.31 Å². The molecule has 3 aromatic rings. The smallest absolute Gasteiger partial charge is 0.417 e. The van der Waals surface area contributed by atoms with Crippen LogP contribution in [0.1, 0.15) is 12.0 Å². The molecule has 8 nitrogen and oxygen atoms in total. The van der Waals surface area contributed by atoms with Gasteiger partial charge in [-0.1, -0.05) is 30.3 Å². The molecule has 0 bridgehead atoms. The SMILES string of the molecule is O=C(O)CCN(Cc1ccccc1)S(=O)(=O)c1ccc2[nH]c(=O)oc2c1. The van der Waals surface area contributed by atoms with Crippen LogP contribution in [0.25, 0.3) is 11.1 Å². The van der Waals surface area contributed by atoms with Gasteiger partial charge in [-0.25, -0.2) is 13.2 Å². The lowest BCUT2D eigenvalue weighted by Gasteiger charge is -2.21. The predicted octanol–water partition coefficient (Wildman–Crippen LogP) is 1.79. The first kappa shape index (κ1) is 17.9. The maximum Gasteiger partial charge on any atom is 0.417 e. The minimum atomic E-state index is -3.98. The highest BCUT2D eigenvalue weighted by Gasteiger charge is 2.26. The highest BCUT2D eigenvalue weighted by molar-refractivity contribution is 7.89. The number of rotatable bonds is 7. The first-order chi connectivity index (χ1) is 12.4. The van der Waals surface area contributed by atoms with Crippen LogP contribution in [0.4, 0.5) is 0 Å². The Labute approximate surface area is 148 Å². The van der Waals surface area contributed by atoms with E-state index in [1.807, 2.05) is 0 Å². The Hall–Kier alpha value is -2.91. The second-order valence-corrected chi connectivity index (χ2v) is 7.58. The third-order valence-corrected chi connectivity index (χ3v) is 5.65. The van der Waals surface area contributed by atoms with Crippen molar-refractivity contribution in [3.8, 4) is 0 Å². The van der Waals surface area contributed by atoms with Gasteiger partial charge in [0.1, 0.15) is 0 Å². The van der Waals surface area contributed by atoms with E-state index < -0.39 is 21.7 Å². The number of fused-ring (bicyclic) bond motifs is 1. The molecule has 1 aromatic heterocycles. The van der Waals surface area contributed by atoms with Gasteiger partial charge in [0, 0.05) is 19.2 Å². The summed E-state index contributed by atoms with van der Waals surface area (Å²) in [5, 5.41) is 8.93. The lowest BCUT2D eigenvalue weighted by atomic mass is 10.2. The number of oxazole rings is 1. The molecular formula is C17H16N2O6S. The summed E-state index contributed by atoms with van der Waals surface area (Å²) < 4.78 is 32.0. The van der Waals surface area contributed by atoms with E-state index >= 15 is 0 Å². The number of aliphatic carboxylic acids is 1. The number of aromatic nitrogens is 1. The second-order valence-electron chi connectivity index (χ2n) is 5.64. The number of carboxylic acids is 1. The number of hydrogen-bond donors (Lipinski definition) is 2. The molecule has 0 atom stereocenters. The molecular weight excluding hydrogens is 360 g/mol. The van der Waals surface area contributed by atoms with Crippen molar-refractivity contribution in [3.05, 3.63) is 64.6 Å². The zero-order valence-corrected chi connectivity index (χ0v) is 14.4. The van der Waals surface area contributed by atoms with E-state index in [9.17, 15) is 18.0 Å². The van der Waals surface area contributed by atoms with Crippen molar-refractivity contribution >= 4 is 27.1 Å². The van der Waals surface area contributed by atoms with Gasteiger partial charge in [-0.05, 0) is 17.7 Å². The van der Waals surface area contributed by atoms with Crippen molar-refractivity contribution in [2.45, 2.75) is 17.9 Å². The van der Waals surface area contributed by atoms with E-state index in [-0.39, 0.29) is 30.0 Å². The molecule has 0 fully saturated rings. The molecule has 0 spiro atoms. The zero-order chi connectivity index (χ0) is 18.7. The van der Waals surface area contributed by atoms with E-state index in [1.54, 1.807) is 30.3 Å². The topological polar surface area (TPSA) is 121 Å². The quantitative estimate of drug-likeness (QED) is 0.648. The summed E-state index contributed by atoms with van der Waals surface area (Å²) in [6, 6.07) is 12.9. The molecule has 0 saturated heterocycles. The highest BCUT2D eigenvalue weighted by atomic mass is 32.2.